The zero-order valence-electron chi connectivity index (χ0n) is 29.6. The van der Waals surface area contributed by atoms with Crippen LogP contribution in [0.2, 0.25) is 0 Å². The number of fused-ring (bicyclic) bond motifs is 3. The average Bonchev–Trinajstić information content (AvgIpc) is 3.06. The van der Waals surface area contributed by atoms with Gasteiger partial charge in [-0.05, 0) is 54.3 Å². The molecule has 0 aliphatic carbocycles. The van der Waals surface area contributed by atoms with Gasteiger partial charge in [-0.1, -0.05) is 171 Å². The average molecular weight is 679 g/mol. The lowest BCUT2D eigenvalue weighted by Gasteiger charge is -2.17. The van der Waals surface area contributed by atoms with E-state index < -0.39 is 10.2 Å². The first-order valence-electron chi connectivity index (χ1n) is 18.7. The highest BCUT2D eigenvalue weighted by Crippen LogP contribution is 2.34. The lowest BCUT2D eigenvalue weighted by atomic mass is 9.96. The van der Waals surface area contributed by atoms with Crippen molar-refractivity contribution in [2.75, 3.05) is 0 Å². The quantitative estimate of drug-likeness (QED) is 0.0468. The van der Waals surface area contributed by atoms with E-state index in [4.69, 9.17) is 23.1 Å². The van der Waals surface area contributed by atoms with E-state index >= 15 is 0 Å². The molecule has 1 aromatic heterocycles. The van der Waals surface area contributed by atoms with Crippen molar-refractivity contribution in [2.24, 2.45) is 0 Å². The van der Waals surface area contributed by atoms with Gasteiger partial charge in [0.2, 0.25) is 0 Å². The third-order valence-corrected chi connectivity index (χ3v) is 9.37. The molecule has 0 radical (unpaired) electrons. The molecule has 0 spiro atoms. The highest BCUT2D eigenvalue weighted by atomic mass is 35.7. The lowest BCUT2D eigenvalue weighted by molar-refractivity contribution is -2.00. The molecule has 0 unspecified atom stereocenters. The van der Waals surface area contributed by atoms with Crippen LogP contribution in [0.3, 0.4) is 0 Å². The molecular weight excluding hydrogens is 620 g/mol. The highest BCUT2D eigenvalue weighted by molar-refractivity contribution is 6.07. The van der Waals surface area contributed by atoms with E-state index in [9.17, 15) is 0 Å². The molecule has 5 nitrogen and oxygen atoms in total. The van der Waals surface area contributed by atoms with Crippen molar-refractivity contribution >= 4 is 21.7 Å². The molecule has 0 aliphatic rings. The summed E-state index contributed by atoms with van der Waals surface area (Å²) >= 11 is 0. The number of benzene rings is 3. The maximum absolute atomic E-state index is 8.49. The van der Waals surface area contributed by atoms with Gasteiger partial charge >= 0.3 is 11.3 Å². The Labute approximate surface area is 292 Å². The van der Waals surface area contributed by atoms with Gasteiger partial charge in [-0.2, -0.15) is 0 Å². The van der Waals surface area contributed by atoms with Gasteiger partial charge in [0, 0.05) is 12.1 Å². The van der Waals surface area contributed by atoms with Crippen LogP contribution in [0.5, 0.6) is 0 Å². The van der Waals surface area contributed by atoms with Crippen LogP contribution in [0, 0.1) is 17.2 Å². The van der Waals surface area contributed by atoms with Gasteiger partial charge in [-0.25, -0.2) is 23.1 Å². The predicted octanol–water partition coefficient (Wildman–Crippen LogP) is 9.45. The Morgan fingerprint density at radius 1 is 0.542 bits per heavy atom. The first-order valence-corrected chi connectivity index (χ1v) is 20.0. The van der Waals surface area contributed by atoms with Crippen LogP contribution in [0.4, 0.5) is 0 Å². The molecule has 0 N–H and O–H groups in total. The van der Waals surface area contributed by atoms with Gasteiger partial charge < -0.3 is 0 Å². The molecule has 48 heavy (non-hydrogen) atoms. The lowest BCUT2D eigenvalue weighted by Crippen LogP contribution is -2.68. The van der Waals surface area contributed by atoms with Crippen molar-refractivity contribution in [3.8, 4) is 11.3 Å². The van der Waals surface area contributed by atoms with E-state index in [-0.39, 0.29) is 0 Å². The summed E-state index contributed by atoms with van der Waals surface area (Å²) in [4.78, 5) is 0. The topological polar surface area (TPSA) is 104 Å². The fourth-order valence-corrected chi connectivity index (χ4v) is 6.67. The zero-order chi connectivity index (χ0) is 34.5. The molecule has 264 valence electrons. The van der Waals surface area contributed by atoms with Gasteiger partial charge in [0.1, 0.15) is 0 Å². The fraction of sp³-hybridized carbons (Fsp3) is 0.548. The van der Waals surface area contributed by atoms with E-state index in [1.807, 2.05) is 0 Å². The smallest absolute Gasteiger partial charge is 0.222 e. The molecule has 1 heterocycles. The maximum Gasteiger partial charge on any atom is 0.361 e. The molecule has 3 aromatic carbocycles. The second kappa shape index (κ2) is 23.0. The third-order valence-electron chi connectivity index (χ3n) is 9.37. The molecule has 0 amide bonds. The Hall–Kier alpha value is -2.54. The van der Waals surface area contributed by atoms with Gasteiger partial charge in [0.05, 0.1) is 10.9 Å². The summed E-state index contributed by atoms with van der Waals surface area (Å²) in [6.45, 7) is 4.44. The van der Waals surface area contributed by atoms with Crippen molar-refractivity contribution < 1.29 is 33.3 Å². The Morgan fingerprint density at radius 3 is 1.50 bits per heavy atom. The van der Waals surface area contributed by atoms with Gasteiger partial charge in [-0.15, -0.1) is 10.2 Å². The molecule has 0 fully saturated rings. The van der Waals surface area contributed by atoms with Crippen LogP contribution >= 0.6 is 0 Å². The first kappa shape index (κ1) is 39.9. The monoisotopic (exact) mass is 678 g/mol. The molecular formula is C42H59ClO5. The van der Waals surface area contributed by atoms with Crippen LogP contribution < -0.4 is 18.6 Å². The summed E-state index contributed by atoms with van der Waals surface area (Å²) in [7, 11) is -4.94. The summed E-state index contributed by atoms with van der Waals surface area (Å²) in [6, 6.07) is 24.1. The molecule has 0 aliphatic heterocycles. The summed E-state index contributed by atoms with van der Waals surface area (Å²) in [6.07, 6.45) is 29.5. The molecule has 0 atom stereocenters. The Balaban J connectivity index is 0.00000116. The minimum absolute atomic E-state index is 0.978. The van der Waals surface area contributed by atoms with Gasteiger partial charge in [0.25, 0.3) is 0 Å². The summed E-state index contributed by atoms with van der Waals surface area (Å²) < 4.78 is 40.5. The number of hydrogen-bond acceptors (Lipinski definition) is 4. The van der Waals surface area contributed by atoms with Crippen LogP contribution in [-0.2, 0) is 6.42 Å². The van der Waals surface area contributed by atoms with E-state index in [1.54, 1.807) is 0 Å². The highest BCUT2D eigenvalue weighted by Gasteiger charge is 2.20. The second-order valence-electron chi connectivity index (χ2n) is 13.5. The SMILES string of the molecule is CCCCCCCCCCCCCCCCCCCCCCc1cc(-c2ccc(C)cc2)[o+]c2ccc3ccccc3c12.[O-][Cl+3]([O-])([O-])[O-]. The summed E-state index contributed by atoms with van der Waals surface area (Å²) in [5.41, 5.74) is 4.86. The molecule has 0 saturated carbocycles. The van der Waals surface area contributed by atoms with Crippen molar-refractivity contribution in [3.05, 3.63) is 77.9 Å². The number of halogens is 1. The second-order valence-corrected chi connectivity index (χ2v) is 14.3. The van der Waals surface area contributed by atoms with Crippen LogP contribution in [-0.4, -0.2) is 0 Å². The number of rotatable bonds is 22. The molecule has 0 saturated heterocycles. The van der Waals surface area contributed by atoms with E-state index in [1.165, 1.54) is 156 Å². The summed E-state index contributed by atoms with van der Waals surface area (Å²) in [5, 5.41) is 3.90. The molecule has 4 rings (SSSR count). The fourth-order valence-electron chi connectivity index (χ4n) is 6.67. The maximum atomic E-state index is 8.49. The van der Waals surface area contributed by atoms with Crippen molar-refractivity contribution in [2.45, 2.75) is 149 Å². The predicted molar refractivity (Wildman–Crippen MR) is 190 cm³/mol. The standard InChI is InChI=1S/C42H59O.ClHO4/c1-3-4-5-6-7-8-9-10-11-12-13-14-15-16-17-18-19-20-21-22-26-38-34-41(37-30-28-35(2)29-31-37)43-40-33-32-36-25-23-24-27-39(36)42(38)40;2-1(3,4)5/h23-25,27-34H,3-22,26H2,1-2H3;(H,2,3,4,5)/q+1;/p-1. The van der Waals surface area contributed by atoms with Crippen LogP contribution in [0.25, 0.3) is 33.1 Å². The number of unbranched alkanes of at least 4 members (excludes halogenated alkanes) is 19. The van der Waals surface area contributed by atoms with E-state index in [0.29, 0.717) is 0 Å². The minimum Gasteiger partial charge on any atom is -0.222 e. The van der Waals surface area contributed by atoms with Crippen LogP contribution in [0.1, 0.15) is 146 Å². The Morgan fingerprint density at radius 2 is 1.00 bits per heavy atom. The third kappa shape index (κ3) is 16.2. The van der Waals surface area contributed by atoms with Crippen molar-refractivity contribution in [1.29, 1.82) is 0 Å². The normalized spacial score (nSPS) is 11.6. The number of aryl methyl sites for hydroxylation is 2. The van der Waals surface area contributed by atoms with Gasteiger partial charge in [0.15, 0.2) is 0 Å². The Kier molecular flexibility index (Phi) is 19.1. The molecule has 6 heteroatoms. The zero-order valence-corrected chi connectivity index (χ0v) is 30.4. The number of hydrogen-bond donors (Lipinski definition) is 0. The molecule has 0 bridgehead atoms. The van der Waals surface area contributed by atoms with Crippen molar-refractivity contribution in [3.63, 3.8) is 0 Å². The molecule has 4 aromatic rings. The summed E-state index contributed by atoms with van der Waals surface area (Å²) in [5.74, 6) is 0.978. The van der Waals surface area contributed by atoms with Crippen LogP contribution in [0.15, 0.2) is 71.1 Å². The first-order chi connectivity index (χ1) is 23.3. The van der Waals surface area contributed by atoms with Gasteiger partial charge in [-0.3, -0.25) is 0 Å². The Bertz CT molecular complexity index is 1420. The van der Waals surface area contributed by atoms with E-state index in [2.05, 4.69) is 80.6 Å². The largest absolute Gasteiger partial charge is 0.361 e. The minimum atomic E-state index is -4.94. The van der Waals surface area contributed by atoms with E-state index in [0.717, 1.165) is 23.3 Å². The van der Waals surface area contributed by atoms with Crippen molar-refractivity contribution in [1.82, 2.24) is 0 Å².